The summed E-state index contributed by atoms with van der Waals surface area (Å²) in [5.41, 5.74) is 0. The first-order valence-corrected chi connectivity index (χ1v) is 7.03. The number of halogens is 1. The molecule has 19 heavy (non-hydrogen) atoms. The minimum atomic E-state index is 0. The van der Waals surface area contributed by atoms with E-state index in [0.29, 0.717) is 25.4 Å². The first kappa shape index (κ1) is 16.2. The van der Waals surface area contributed by atoms with E-state index < -0.39 is 0 Å². The van der Waals surface area contributed by atoms with E-state index in [2.05, 4.69) is 10.6 Å². The number of hydrogen-bond donors (Lipinski definition) is 2. The Kier molecular flexibility index (Phi) is 7.16. The largest absolute Gasteiger partial charge is 0.356 e. The van der Waals surface area contributed by atoms with Gasteiger partial charge in [-0.25, -0.2) is 0 Å². The van der Waals surface area contributed by atoms with Crippen LogP contribution >= 0.6 is 12.4 Å². The third kappa shape index (κ3) is 5.37. The summed E-state index contributed by atoms with van der Waals surface area (Å²) >= 11 is 0. The van der Waals surface area contributed by atoms with Crippen molar-refractivity contribution >= 4 is 24.2 Å². The van der Waals surface area contributed by atoms with Crippen molar-refractivity contribution in [1.29, 1.82) is 0 Å². The molecule has 2 rings (SSSR count). The fourth-order valence-corrected chi connectivity index (χ4v) is 2.67. The summed E-state index contributed by atoms with van der Waals surface area (Å²) in [7, 11) is 0. The first-order valence-electron chi connectivity index (χ1n) is 7.03. The van der Waals surface area contributed by atoms with Gasteiger partial charge >= 0.3 is 0 Å². The Labute approximate surface area is 120 Å². The average molecular weight is 290 g/mol. The summed E-state index contributed by atoms with van der Waals surface area (Å²) in [5, 5.41) is 6.25. The zero-order chi connectivity index (χ0) is 12.8. The normalized spacial score (nSPS) is 22.4. The molecular weight excluding hydrogens is 266 g/mol. The maximum absolute atomic E-state index is 11.6. The van der Waals surface area contributed by atoms with Crippen LogP contribution in [-0.4, -0.2) is 48.9 Å². The smallest absolute Gasteiger partial charge is 0.222 e. The van der Waals surface area contributed by atoms with Crippen molar-refractivity contribution in [2.75, 3.05) is 26.2 Å². The van der Waals surface area contributed by atoms with Crippen LogP contribution in [0.2, 0.25) is 0 Å². The number of rotatable bonds is 6. The second-order valence-corrected chi connectivity index (χ2v) is 5.19. The lowest BCUT2D eigenvalue weighted by atomic mass is 10.1. The van der Waals surface area contributed by atoms with E-state index in [1.807, 2.05) is 4.90 Å². The molecule has 6 heteroatoms. The molecule has 0 spiro atoms. The van der Waals surface area contributed by atoms with Crippen LogP contribution in [0.1, 0.15) is 38.5 Å². The lowest BCUT2D eigenvalue weighted by molar-refractivity contribution is -0.127. The second kappa shape index (κ2) is 8.38. The van der Waals surface area contributed by atoms with Crippen LogP contribution in [0.5, 0.6) is 0 Å². The van der Waals surface area contributed by atoms with Crippen molar-refractivity contribution in [2.45, 2.75) is 44.6 Å². The van der Waals surface area contributed by atoms with Gasteiger partial charge in [0.05, 0.1) is 0 Å². The van der Waals surface area contributed by atoms with Crippen molar-refractivity contribution in [1.82, 2.24) is 15.5 Å². The molecule has 2 saturated heterocycles. The third-order valence-electron chi connectivity index (χ3n) is 3.69. The molecule has 2 aliphatic heterocycles. The van der Waals surface area contributed by atoms with Crippen molar-refractivity contribution in [3.8, 4) is 0 Å². The van der Waals surface area contributed by atoms with Crippen molar-refractivity contribution < 1.29 is 9.59 Å². The molecule has 2 fully saturated rings. The standard InChI is InChI=1S/C13H23N3O2.ClH/c17-12(10-11-4-1-6-14-11)15-7-3-9-16-8-2-5-13(16)18;/h11,14H,1-10H2,(H,15,17);1H. The monoisotopic (exact) mass is 289 g/mol. The van der Waals surface area contributed by atoms with Gasteiger partial charge in [0.1, 0.15) is 0 Å². The maximum atomic E-state index is 11.6. The Morgan fingerprint density at radius 2 is 2.26 bits per heavy atom. The van der Waals surface area contributed by atoms with Crippen LogP contribution in [0.15, 0.2) is 0 Å². The minimum absolute atomic E-state index is 0. The number of carbonyl (C=O) groups excluding carboxylic acids is 2. The Bertz CT molecular complexity index is 306. The molecule has 5 nitrogen and oxygen atoms in total. The van der Waals surface area contributed by atoms with Gasteiger partial charge in [0, 0.05) is 38.5 Å². The molecule has 0 radical (unpaired) electrons. The van der Waals surface area contributed by atoms with E-state index in [1.165, 1.54) is 6.42 Å². The molecule has 0 aromatic heterocycles. The quantitative estimate of drug-likeness (QED) is 0.707. The number of amides is 2. The van der Waals surface area contributed by atoms with Gasteiger partial charge in [-0.15, -0.1) is 12.4 Å². The summed E-state index contributed by atoms with van der Waals surface area (Å²) in [4.78, 5) is 24.9. The molecule has 0 aromatic carbocycles. The Morgan fingerprint density at radius 3 is 2.89 bits per heavy atom. The summed E-state index contributed by atoms with van der Waals surface area (Å²) in [5.74, 6) is 0.388. The van der Waals surface area contributed by atoms with Gasteiger partial charge in [-0.3, -0.25) is 9.59 Å². The van der Waals surface area contributed by atoms with Gasteiger partial charge in [0.25, 0.3) is 0 Å². The van der Waals surface area contributed by atoms with Gasteiger partial charge in [0.2, 0.25) is 11.8 Å². The second-order valence-electron chi connectivity index (χ2n) is 5.19. The SMILES string of the molecule is Cl.O=C(CC1CCCN1)NCCCN1CCCC1=O. The van der Waals surface area contributed by atoms with Crippen molar-refractivity contribution in [2.24, 2.45) is 0 Å². The molecule has 2 amide bonds. The lowest BCUT2D eigenvalue weighted by Crippen LogP contribution is -2.34. The average Bonchev–Trinajstić information content (AvgIpc) is 2.97. The molecule has 2 heterocycles. The zero-order valence-corrected chi connectivity index (χ0v) is 12.1. The zero-order valence-electron chi connectivity index (χ0n) is 11.3. The van der Waals surface area contributed by atoms with Gasteiger partial charge in [0.15, 0.2) is 0 Å². The highest BCUT2D eigenvalue weighted by atomic mass is 35.5. The van der Waals surface area contributed by atoms with Crippen LogP contribution < -0.4 is 10.6 Å². The number of likely N-dealkylation sites (tertiary alicyclic amines) is 1. The van der Waals surface area contributed by atoms with Crippen LogP contribution in [0, 0.1) is 0 Å². The summed E-state index contributed by atoms with van der Waals surface area (Å²) in [6.07, 6.45) is 5.40. The van der Waals surface area contributed by atoms with Crippen LogP contribution in [0.3, 0.4) is 0 Å². The number of nitrogens with zero attached hydrogens (tertiary/aromatic N) is 1. The minimum Gasteiger partial charge on any atom is -0.356 e. The predicted octanol–water partition coefficient (Wildman–Crippen LogP) is 0.679. The summed E-state index contributed by atoms with van der Waals surface area (Å²) in [6, 6.07) is 0.366. The van der Waals surface area contributed by atoms with E-state index in [1.54, 1.807) is 0 Å². The fraction of sp³-hybridized carbons (Fsp3) is 0.846. The highest BCUT2D eigenvalue weighted by molar-refractivity contribution is 5.85. The third-order valence-corrected chi connectivity index (χ3v) is 3.69. The number of carbonyl (C=O) groups is 2. The first-order chi connectivity index (χ1) is 8.75. The van der Waals surface area contributed by atoms with Gasteiger partial charge in [-0.2, -0.15) is 0 Å². The fourth-order valence-electron chi connectivity index (χ4n) is 2.67. The van der Waals surface area contributed by atoms with Gasteiger partial charge in [-0.05, 0) is 32.2 Å². The Hall–Kier alpha value is -0.810. The lowest BCUT2D eigenvalue weighted by Gasteiger charge is -2.15. The molecule has 110 valence electrons. The van der Waals surface area contributed by atoms with E-state index in [9.17, 15) is 9.59 Å². The predicted molar refractivity (Wildman–Crippen MR) is 76.3 cm³/mol. The van der Waals surface area contributed by atoms with Crippen LogP contribution in [0.4, 0.5) is 0 Å². The van der Waals surface area contributed by atoms with E-state index in [-0.39, 0.29) is 24.2 Å². The molecule has 0 aromatic rings. The summed E-state index contributed by atoms with van der Waals surface area (Å²) in [6.45, 7) is 3.38. The molecular formula is C13H24ClN3O2. The highest BCUT2D eigenvalue weighted by Crippen LogP contribution is 2.10. The Morgan fingerprint density at radius 1 is 1.42 bits per heavy atom. The molecule has 0 aliphatic carbocycles. The van der Waals surface area contributed by atoms with Gasteiger partial charge < -0.3 is 15.5 Å². The van der Waals surface area contributed by atoms with E-state index >= 15 is 0 Å². The van der Waals surface area contributed by atoms with Crippen LogP contribution in [0.25, 0.3) is 0 Å². The maximum Gasteiger partial charge on any atom is 0.222 e. The van der Waals surface area contributed by atoms with Crippen molar-refractivity contribution in [3.05, 3.63) is 0 Å². The topological polar surface area (TPSA) is 61.4 Å². The molecule has 2 aliphatic rings. The summed E-state index contributed by atoms with van der Waals surface area (Å²) < 4.78 is 0. The number of hydrogen-bond acceptors (Lipinski definition) is 3. The molecule has 2 N–H and O–H groups in total. The Balaban J connectivity index is 0.00000180. The molecule has 1 unspecified atom stereocenters. The van der Waals surface area contributed by atoms with E-state index in [4.69, 9.17) is 0 Å². The molecule has 0 bridgehead atoms. The number of nitrogens with one attached hydrogen (secondary N) is 2. The van der Waals surface area contributed by atoms with Crippen LogP contribution in [-0.2, 0) is 9.59 Å². The molecule has 1 atom stereocenters. The van der Waals surface area contributed by atoms with E-state index in [0.717, 1.165) is 38.9 Å². The highest BCUT2D eigenvalue weighted by Gasteiger charge is 2.19. The van der Waals surface area contributed by atoms with Crippen molar-refractivity contribution in [3.63, 3.8) is 0 Å². The van der Waals surface area contributed by atoms with Gasteiger partial charge in [-0.1, -0.05) is 0 Å². The molecule has 0 saturated carbocycles.